The number of hydrogen-bond acceptors (Lipinski definition) is 3. The van der Waals surface area contributed by atoms with Gasteiger partial charge in [0.25, 0.3) is 5.56 Å². The molecule has 1 aromatic heterocycles. The van der Waals surface area contributed by atoms with Gasteiger partial charge in [0, 0.05) is 6.04 Å². The summed E-state index contributed by atoms with van der Waals surface area (Å²) in [4.78, 5) is 24.2. The monoisotopic (exact) mass is 297 g/mol. The van der Waals surface area contributed by atoms with E-state index < -0.39 is 0 Å². The molecule has 1 heterocycles. The van der Waals surface area contributed by atoms with Crippen LogP contribution in [0.5, 0.6) is 5.75 Å². The van der Waals surface area contributed by atoms with Gasteiger partial charge in [0.05, 0.1) is 18.4 Å². The number of ether oxygens (including phenoxy) is 1. The van der Waals surface area contributed by atoms with Crippen LogP contribution in [0.4, 0.5) is 0 Å². The second-order valence-electron chi connectivity index (χ2n) is 5.78. The summed E-state index contributed by atoms with van der Waals surface area (Å²) < 4.78 is 7.06. The fourth-order valence-corrected chi connectivity index (χ4v) is 2.79. The third-order valence-corrected chi connectivity index (χ3v) is 4.10. The molecule has 0 atom stereocenters. The van der Waals surface area contributed by atoms with Crippen molar-refractivity contribution in [3.8, 4) is 17.0 Å². The minimum absolute atomic E-state index is 0.180. The van der Waals surface area contributed by atoms with Crippen LogP contribution >= 0.6 is 0 Å². The molecule has 0 radical (unpaired) electrons. The zero-order chi connectivity index (χ0) is 15.9. The lowest BCUT2D eigenvalue weighted by Crippen LogP contribution is -2.26. The summed E-state index contributed by atoms with van der Waals surface area (Å²) in [5, 5.41) is 0. The van der Waals surface area contributed by atoms with Gasteiger partial charge in [-0.2, -0.15) is 0 Å². The number of pyridine rings is 1. The Balaban J connectivity index is 2.19. The second kappa shape index (κ2) is 5.44. The third kappa shape index (κ3) is 2.45. The van der Waals surface area contributed by atoms with E-state index in [-0.39, 0.29) is 22.9 Å². The van der Waals surface area contributed by atoms with Crippen LogP contribution in [0, 0.1) is 6.92 Å². The topological polar surface area (TPSA) is 48.3 Å². The van der Waals surface area contributed by atoms with Crippen molar-refractivity contribution in [3.05, 3.63) is 51.8 Å². The molecule has 0 unspecified atom stereocenters. The average Bonchev–Trinajstić information content (AvgIpc) is 3.30. The van der Waals surface area contributed by atoms with E-state index in [4.69, 9.17) is 4.74 Å². The number of nitrogens with zero attached hydrogens (tertiary/aromatic N) is 1. The Hall–Kier alpha value is -2.36. The summed E-state index contributed by atoms with van der Waals surface area (Å²) in [7, 11) is 1.64. The number of benzene rings is 1. The zero-order valence-electron chi connectivity index (χ0n) is 13.1. The van der Waals surface area contributed by atoms with Crippen molar-refractivity contribution in [2.24, 2.45) is 0 Å². The zero-order valence-corrected chi connectivity index (χ0v) is 13.1. The lowest BCUT2D eigenvalue weighted by molar-refractivity contribution is 0.101. The highest BCUT2D eigenvalue weighted by atomic mass is 16.5. The van der Waals surface area contributed by atoms with Crippen molar-refractivity contribution in [1.29, 1.82) is 0 Å². The molecule has 1 aliphatic carbocycles. The van der Waals surface area contributed by atoms with Crippen LogP contribution in [0.3, 0.4) is 0 Å². The summed E-state index contributed by atoms with van der Waals surface area (Å²) in [6.07, 6.45) is 1.98. The predicted molar refractivity (Wildman–Crippen MR) is 85.7 cm³/mol. The van der Waals surface area contributed by atoms with Crippen LogP contribution < -0.4 is 10.3 Å². The number of carbonyl (C=O) groups is 1. The number of methoxy groups -OCH3 is 1. The molecule has 1 aliphatic rings. The van der Waals surface area contributed by atoms with Crippen LogP contribution in [0.2, 0.25) is 0 Å². The molecule has 114 valence electrons. The first kappa shape index (κ1) is 14.6. The van der Waals surface area contributed by atoms with Crippen LogP contribution in [-0.4, -0.2) is 17.5 Å². The Morgan fingerprint density at radius 1 is 1.23 bits per heavy atom. The van der Waals surface area contributed by atoms with Gasteiger partial charge in [0.1, 0.15) is 5.75 Å². The molecule has 0 amide bonds. The highest BCUT2D eigenvalue weighted by Gasteiger charge is 2.28. The number of aromatic nitrogens is 1. The van der Waals surface area contributed by atoms with Gasteiger partial charge in [-0.05, 0) is 68.1 Å². The molecule has 1 saturated carbocycles. The van der Waals surface area contributed by atoms with E-state index in [1.807, 2.05) is 31.2 Å². The Morgan fingerprint density at radius 2 is 1.95 bits per heavy atom. The Bertz CT molecular complexity index is 800. The van der Waals surface area contributed by atoms with Gasteiger partial charge < -0.3 is 9.30 Å². The van der Waals surface area contributed by atoms with Crippen molar-refractivity contribution in [2.45, 2.75) is 32.7 Å². The maximum Gasteiger partial charge on any atom is 0.262 e. The van der Waals surface area contributed by atoms with Crippen LogP contribution in [0.1, 0.15) is 41.7 Å². The van der Waals surface area contributed by atoms with Gasteiger partial charge in [-0.1, -0.05) is 0 Å². The standard InChI is InChI=1S/C18H19NO3/c1-11-10-13(4-9-17(11)22-3)16-8-7-15(12(2)20)18(21)19(16)14-5-6-14/h4,7-10,14H,5-6H2,1-3H3. The normalized spacial score (nSPS) is 14.0. The number of ketones is 1. The van der Waals surface area contributed by atoms with Gasteiger partial charge in [-0.3, -0.25) is 9.59 Å². The number of hydrogen-bond donors (Lipinski definition) is 0. The fraction of sp³-hybridized carbons (Fsp3) is 0.333. The smallest absolute Gasteiger partial charge is 0.262 e. The molecule has 0 saturated heterocycles. The molecule has 0 bridgehead atoms. The van der Waals surface area contributed by atoms with Gasteiger partial charge in [-0.15, -0.1) is 0 Å². The minimum atomic E-state index is -0.183. The summed E-state index contributed by atoms with van der Waals surface area (Å²) >= 11 is 0. The van der Waals surface area contributed by atoms with Gasteiger partial charge in [0.2, 0.25) is 0 Å². The number of carbonyl (C=O) groups excluding carboxylic acids is 1. The predicted octanol–water partition coefficient (Wildman–Crippen LogP) is 3.37. The molecule has 4 nitrogen and oxygen atoms in total. The maximum absolute atomic E-state index is 12.6. The molecule has 3 rings (SSSR count). The van der Waals surface area contributed by atoms with Gasteiger partial charge in [0.15, 0.2) is 5.78 Å². The first-order chi connectivity index (χ1) is 10.5. The van der Waals surface area contributed by atoms with Crippen molar-refractivity contribution >= 4 is 5.78 Å². The van der Waals surface area contributed by atoms with Gasteiger partial charge >= 0.3 is 0 Å². The molecule has 22 heavy (non-hydrogen) atoms. The average molecular weight is 297 g/mol. The van der Waals surface area contributed by atoms with E-state index in [2.05, 4.69) is 0 Å². The molecular weight excluding hydrogens is 278 g/mol. The molecule has 1 aromatic carbocycles. The summed E-state index contributed by atoms with van der Waals surface area (Å²) in [5.74, 6) is 0.640. The summed E-state index contributed by atoms with van der Waals surface area (Å²) in [6, 6.07) is 9.60. The molecule has 0 spiro atoms. The molecule has 1 fully saturated rings. The summed E-state index contributed by atoms with van der Waals surface area (Å²) in [6.45, 7) is 3.41. The fourth-order valence-electron chi connectivity index (χ4n) is 2.79. The molecule has 0 aliphatic heterocycles. The van der Waals surface area contributed by atoms with Crippen LogP contribution in [-0.2, 0) is 0 Å². The Labute approximate surface area is 129 Å². The number of rotatable bonds is 4. The van der Waals surface area contributed by atoms with Gasteiger partial charge in [-0.25, -0.2) is 0 Å². The maximum atomic E-state index is 12.6. The molecule has 4 heteroatoms. The van der Waals surface area contributed by atoms with E-state index in [0.717, 1.165) is 35.4 Å². The van der Waals surface area contributed by atoms with E-state index in [1.54, 1.807) is 17.7 Å². The van der Waals surface area contributed by atoms with Crippen molar-refractivity contribution in [2.75, 3.05) is 7.11 Å². The largest absolute Gasteiger partial charge is 0.496 e. The van der Waals surface area contributed by atoms with Crippen molar-refractivity contribution in [3.63, 3.8) is 0 Å². The van der Waals surface area contributed by atoms with E-state index >= 15 is 0 Å². The van der Waals surface area contributed by atoms with Crippen LogP contribution in [0.25, 0.3) is 11.3 Å². The molecule has 0 N–H and O–H groups in total. The highest BCUT2D eigenvalue weighted by Crippen LogP contribution is 2.37. The first-order valence-corrected chi connectivity index (χ1v) is 7.44. The molecule has 2 aromatic rings. The SMILES string of the molecule is COc1ccc(-c2ccc(C(C)=O)c(=O)n2C2CC2)cc1C. The summed E-state index contributed by atoms with van der Waals surface area (Å²) in [5.41, 5.74) is 2.94. The highest BCUT2D eigenvalue weighted by molar-refractivity contribution is 5.94. The van der Waals surface area contributed by atoms with E-state index in [0.29, 0.717) is 0 Å². The minimum Gasteiger partial charge on any atom is -0.496 e. The van der Waals surface area contributed by atoms with Crippen molar-refractivity contribution < 1.29 is 9.53 Å². The quantitative estimate of drug-likeness (QED) is 0.813. The third-order valence-electron chi connectivity index (χ3n) is 4.10. The second-order valence-corrected chi connectivity index (χ2v) is 5.78. The lowest BCUT2D eigenvalue weighted by atomic mass is 10.0. The van der Waals surface area contributed by atoms with E-state index in [9.17, 15) is 9.59 Å². The van der Waals surface area contributed by atoms with E-state index in [1.165, 1.54) is 6.92 Å². The lowest BCUT2D eigenvalue weighted by Gasteiger charge is -2.15. The first-order valence-electron chi connectivity index (χ1n) is 7.44. The van der Waals surface area contributed by atoms with Crippen LogP contribution in [0.15, 0.2) is 35.1 Å². The van der Waals surface area contributed by atoms with Crippen molar-refractivity contribution in [1.82, 2.24) is 4.57 Å². The number of aryl methyl sites for hydroxylation is 1. The number of Topliss-reactive ketones (excluding diaryl/α,β-unsaturated/α-hetero) is 1. The Morgan fingerprint density at radius 3 is 2.50 bits per heavy atom. The Kier molecular flexibility index (Phi) is 3.61. The molecular formula is C18H19NO3.